The molecule has 0 saturated heterocycles. The highest BCUT2D eigenvalue weighted by Gasteiger charge is 2.00. The molecule has 50 valence electrons. The minimum atomic E-state index is -0.359. The van der Waals surface area contributed by atoms with Gasteiger partial charge in [0.1, 0.15) is 5.91 Å². The lowest BCUT2D eigenvalue weighted by atomic mass is 11.3. The predicted molar refractivity (Wildman–Crippen MR) is 35.4 cm³/mol. The van der Waals surface area contributed by atoms with Gasteiger partial charge in [0.05, 0.1) is 0 Å². The molecule has 0 aliphatic carbocycles. The highest BCUT2D eigenvalue weighted by molar-refractivity contribution is 6.33. The third-order valence-corrected chi connectivity index (χ3v) is 2.30. The van der Waals surface area contributed by atoms with Crippen LogP contribution in [0.5, 0.6) is 0 Å². The average Bonchev–Trinajstić information content (AvgIpc) is 1.83. The van der Waals surface area contributed by atoms with Crippen LogP contribution in [0.2, 0.25) is 0 Å². The Morgan fingerprint density at radius 2 is 1.88 bits per heavy atom. The minimum Gasteiger partial charge on any atom is -0.359 e. The molecule has 1 N–H and O–H groups in total. The van der Waals surface area contributed by atoms with Gasteiger partial charge in [-0.3, -0.25) is 0 Å². The molecular weight excluding hydrogens is 122 g/mol. The number of nitrogens with one attached hydrogen (secondary N) is 1. The Labute approximate surface area is 52.3 Å². The van der Waals surface area contributed by atoms with Crippen LogP contribution in [0.15, 0.2) is 0 Å². The fourth-order valence-corrected chi connectivity index (χ4v) is 1.10. The third-order valence-electron chi connectivity index (χ3n) is 0.897. The van der Waals surface area contributed by atoms with Crippen molar-refractivity contribution >= 4 is 9.68 Å². The van der Waals surface area contributed by atoms with Gasteiger partial charge < -0.3 is 14.5 Å². The SMILES string of the molecule is CN[SiH2]C(OC)OC. The van der Waals surface area contributed by atoms with Gasteiger partial charge in [-0.15, -0.1) is 0 Å². The minimum absolute atomic E-state index is 0.0278. The standard InChI is InChI=1S/C4H13NO2Si/c1-5-8-4(6-2)7-3/h4-5H,8H2,1-3H3. The van der Waals surface area contributed by atoms with Crippen molar-refractivity contribution in [2.75, 3.05) is 21.3 Å². The molecule has 0 bridgehead atoms. The Balaban J connectivity index is 3.07. The van der Waals surface area contributed by atoms with Crippen molar-refractivity contribution in [2.24, 2.45) is 0 Å². The van der Waals surface area contributed by atoms with Gasteiger partial charge in [-0.05, 0) is 7.05 Å². The van der Waals surface area contributed by atoms with Crippen LogP contribution >= 0.6 is 0 Å². The lowest BCUT2D eigenvalue weighted by Crippen LogP contribution is -2.31. The van der Waals surface area contributed by atoms with Crippen LogP contribution in [0, 0.1) is 0 Å². The van der Waals surface area contributed by atoms with E-state index in [1.165, 1.54) is 0 Å². The highest BCUT2D eigenvalue weighted by atomic mass is 28.2. The first-order valence-corrected chi connectivity index (χ1v) is 4.07. The van der Waals surface area contributed by atoms with Crippen LogP contribution in [0.3, 0.4) is 0 Å². The van der Waals surface area contributed by atoms with Crippen molar-refractivity contribution in [3.63, 3.8) is 0 Å². The molecule has 0 atom stereocenters. The molecule has 3 nitrogen and oxygen atoms in total. The molecule has 4 heteroatoms. The summed E-state index contributed by atoms with van der Waals surface area (Å²) in [6, 6.07) is 0. The molecule has 0 spiro atoms. The number of hydrogen-bond donors (Lipinski definition) is 1. The molecule has 0 aromatic rings. The molecule has 0 heterocycles. The number of methoxy groups -OCH3 is 2. The first-order valence-electron chi connectivity index (χ1n) is 2.55. The van der Waals surface area contributed by atoms with Gasteiger partial charge in [-0.2, -0.15) is 0 Å². The molecule has 0 rings (SSSR count). The molecule has 0 fully saturated rings. The van der Waals surface area contributed by atoms with E-state index < -0.39 is 0 Å². The lowest BCUT2D eigenvalue weighted by molar-refractivity contribution is -0.0448. The summed E-state index contributed by atoms with van der Waals surface area (Å²) in [7, 11) is 4.86. The monoisotopic (exact) mass is 135 g/mol. The molecule has 0 amide bonds. The van der Waals surface area contributed by atoms with E-state index >= 15 is 0 Å². The van der Waals surface area contributed by atoms with Crippen LogP contribution in [0.1, 0.15) is 0 Å². The van der Waals surface area contributed by atoms with Crippen molar-refractivity contribution in [3.8, 4) is 0 Å². The maximum absolute atomic E-state index is 4.92. The second-order valence-electron chi connectivity index (χ2n) is 1.46. The van der Waals surface area contributed by atoms with E-state index in [4.69, 9.17) is 9.47 Å². The van der Waals surface area contributed by atoms with Gasteiger partial charge in [0, 0.05) is 14.2 Å². The van der Waals surface area contributed by atoms with E-state index in [0.717, 1.165) is 0 Å². The Morgan fingerprint density at radius 1 is 1.38 bits per heavy atom. The van der Waals surface area contributed by atoms with E-state index in [2.05, 4.69) is 4.98 Å². The fraction of sp³-hybridized carbons (Fsp3) is 1.00. The van der Waals surface area contributed by atoms with Crippen molar-refractivity contribution in [1.82, 2.24) is 4.98 Å². The van der Waals surface area contributed by atoms with Gasteiger partial charge >= 0.3 is 0 Å². The maximum Gasteiger partial charge on any atom is 0.158 e. The molecule has 0 unspecified atom stereocenters. The Hall–Kier alpha value is 0.0969. The summed E-state index contributed by atoms with van der Waals surface area (Å²) in [5.74, 6) is 0.0278. The summed E-state index contributed by atoms with van der Waals surface area (Å²) >= 11 is 0. The first kappa shape index (κ1) is 8.10. The zero-order chi connectivity index (χ0) is 6.41. The van der Waals surface area contributed by atoms with E-state index in [9.17, 15) is 0 Å². The summed E-state index contributed by atoms with van der Waals surface area (Å²) < 4.78 is 9.83. The van der Waals surface area contributed by atoms with Gasteiger partial charge in [0.2, 0.25) is 0 Å². The van der Waals surface area contributed by atoms with Gasteiger partial charge in [-0.1, -0.05) is 0 Å². The molecule has 0 aliphatic rings. The van der Waals surface area contributed by atoms with Crippen molar-refractivity contribution < 1.29 is 9.47 Å². The third kappa shape index (κ3) is 3.14. The predicted octanol–water partition coefficient (Wildman–Crippen LogP) is -1.13. The van der Waals surface area contributed by atoms with Crippen LogP contribution in [-0.2, 0) is 9.47 Å². The van der Waals surface area contributed by atoms with E-state index in [-0.39, 0.29) is 15.6 Å². The summed E-state index contributed by atoms with van der Waals surface area (Å²) in [6.45, 7) is 0. The number of rotatable bonds is 4. The molecule has 0 aliphatic heterocycles. The van der Waals surface area contributed by atoms with Crippen molar-refractivity contribution in [1.29, 1.82) is 0 Å². The van der Waals surface area contributed by atoms with E-state index in [1.807, 2.05) is 7.05 Å². The summed E-state index contributed by atoms with van der Waals surface area (Å²) in [4.78, 5) is 3.06. The Morgan fingerprint density at radius 3 is 2.00 bits per heavy atom. The fourth-order valence-electron chi connectivity index (χ4n) is 0.430. The largest absolute Gasteiger partial charge is 0.359 e. The van der Waals surface area contributed by atoms with Crippen LogP contribution in [0.4, 0.5) is 0 Å². The molecule has 0 radical (unpaired) electrons. The zero-order valence-electron chi connectivity index (χ0n) is 5.60. The summed E-state index contributed by atoms with van der Waals surface area (Å²) in [5.41, 5.74) is 0. The molecular formula is C4H13NO2Si. The van der Waals surface area contributed by atoms with Gasteiger partial charge in [0.15, 0.2) is 9.68 Å². The first-order chi connectivity index (χ1) is 3.85. The Bertz CT molecular complexity index is 49.3. The number of ether oxygens (including phenoxy) is 2. The molecule has 0 saturated carbocycles. The second kappa shape index (κ2) is 5.24. The second-order valence-corrected chi connectivity index (χ2v) is 3.24. The van der Waals surface area contributed by atoms with Gasteiger partial charge in [-0.25, -0.2) is 0 Å². The van der Waals surface area contributed by atoms with Crippen molar-refractivity contribution in [3.05, 3.63) is 0 Å². The quantitative estimate of drug-likeness (QED) is 0.391. The van der Waals surface area contributed by atoms with E-state index in [0.29, 0.717) is 0 Å². The molecule has 8 heavy (non-hydrogen) atoms. The van der Waals surface area contributed by atoms with E-state index in [1.54, 1.807) is 14.2 Å². The Kier molecular flexibility index (Phi) is 5.30. The van der Waals surface area contributed by atoms with Crippen LogP contribution < -0.4 is 4.98 Å². The smallest absolute Gasteiger partial charge is 0.158 e. The highest BCUT2D eigenvalue weighted by Crippen LogP contribution is 1.82. The normalized spacial score (nSPS) is 12.0. The zero-order valence-corrected chi connectivity index (χ0v) is 7.02. The average molecular weight is 135 g/mol. The van der Waals surface area contributed by atoms with Crippen LogP contribution in [0.25, 0.3) is 0 Å². The van der Waals surface area contributed by atoms with Crippen LogP contribution in [-0.4, -0.2) is 36.9 Å². The summed E-state index contributed by atoms with van der Waals surface area (Å²) in [6.07, 6.45) is 0. The number of hydrogen-bond acceptors (Lipinski definition) is 3. The lowest BCUT2D eigenvalue weighted by Gasteiger charge is -2.10. The van der Waals surface area contributed by atoms with Gasteiger partial charge in [0.25, 0.3) is 0 Å². The molecule has 0 aromatic carbocycles. The molecule has 0 aromatic heterocycles. The topological polar surface area (TPSA) is 30.5 Å². The van der Waals surface area contributed by atoms with Crippen molar-refractivity contribution in [2.45, 2.75) is 5.91 Å². The maximum atomic E-state index is 4.92. The summed E-state index contributed by atoms with van der Waals surface area (Å²) in [5, 5.41) is 0.